The van der Waals surface area contributed by atoms with Gasteiger partial charge < -0.3 is 5.73 Å². The van der Waals surface area contributed by atoms with Gasteiger partial charge >= 0.3 is 0 Å². The first-order chi connectivity index (χ1) is 7.09. The zero-order chi connectivity index (χ0) is 11.3. The highest BCUT2D eigenvalue weighted by atomic mass is 32.1. The number of hydrogen-bond donors (Lipinski definition) is 2. The van der Waals surface area contributed by atoms with E-state index in [1.807, 2.05) is 0 Å². The standard InChI is InChI=1S/C11H19N3S/c1-8(2)7-9-5-3-4-6-10(9)13-14-11(12)15/h7-8H,3-6H2,1-2H3,(H3,12,14,15). The second-order valence-corrected chi connectivity index (χ2v) is 4.62. The van der Waals surface area contributed by atoms with Crippen molar-refractivity contribution >= 4 is 23.0 Å². The molecule has 0 saturated heterocycles. The van der Waals surface area contributed by atoms with Gasteiger partial charge in [-0.1, -0.05) is 19.9 Å². The summed E-state index contributed by atoms with van der Waals surface area (Å²) < 4.78 is 0. The predicted octanol–water partition coefficient (Wildman–Crippen LogP) is 2.33. The van der Waals surface area contributed by atoms with Crippen LogP contribution in [0.4, 0.5) is 0 Å². The zero-order valence-corrected chi connectivity index (χ0v) is 10.2. The first-order valence-corrected chi connectivity index (χ1v) is 5.83. The van der Waals surface area contributed by atoms with Crippen LogP contribution in [0.15, 0.2) is 16.8 Å². The molecule has 1 aliphatic carbocycles. The molecule has 3 nitrogen and oxygen atoms in total. The molecule has 0 aliphatic heterocycles. The fourth-order valence-corrected chi connectivity index (χ4v) is 1.79. The average Bonchev–Trinajstić information content (AvgIpc) is 2.15. The maximum Gasteiger partial charge on any atom is 0.184 e. The third-order valence-corrected chi connectivity index (χ3v) is 2.41. The van der Waals surface area contributed by atoms with Gasteiger partial charge in [-0.2, -0.15) is 5.10 Å². The van der Waals surface area contributed by atoms with E-state index in [4.69, 9.17) is 18.0 Å². The minimum atomic E-state index is 0.233. The second-order valence-electron chi connectivity index (χ2n) is 4.18. The predicted molar refractivity (Wildman–Crippen MR) is 68.7 cm³/mol. The van der Waals surface area contributed by atoms with Crippen molar-refractivity contribution in [2.45, 2.75) is 39.5 Å². The lowest BCUT2D eigenvalue weighted by Crippen LogP contribution is -2.26. The molecule has 1 saturated carbocycles. The monoisotopic (exact) mass is 225 g/mol. The normalized spacial score (nSPS) is 22.3. The van der Waals surface area contributed by atoms with E-state index in [-0.39, 0.29) is 5.11 Å². The molecular weight excluding hydrogens is 206 g/mol. The third kappa shape index (κ3) is 4.42. The average molecular weight is 225 g/mol. The summed E-state index contributed by atoms with van der Waals surface area (Å²) in [4.78, 5) is 0. The van der Waals surface area contributed by atoms with Crippen LogP contribution >= 0.6 is 12.2 Å². The molecule has 84 valence electrons. The lowest BCUT2D eigenvalue weighted by molar-refractivity contribution is 0.714. The molecule has 0 spiro atoms. The van der Waals surface area contributed by atoms with Crippen LogP contribution in [0.3, 0.4) is 0 Å². The van der Waals surface area contributed by atoms with Gasteiger partial charge in [0, 0.05) is 0 Å². The van der Waals surface area contributed by atoms with E-state index in [0.29, 0.717) is 5.92 Å². The Hall–Kier alpha value is -0.900. The molecule has 0 heterocycles. The van der Waals surface area contributed by atoms with Gasteiger partial charge in [-0.25, -0.2) is 0 Å². The largest absolute Gasteiger partial charge is 0.375 e. The lowest BCUT2D eigenvalue weighted by Gasteiger charge is -2.17. The molecule has 0 bridgehead atoms. The molecule has 0 amide bonds. The van der Waals surface area contributed by atoms with E-state index < -0.39 is 0 Å². The topological polar surface area (TPSA) is 50.4 Å². The maximum absolute atomic E-state index is 5.35. The Kier molecular flexibility index (Phi) is 4.75. The second kappa shape index (κ2) is 5.85. The molecule has 0 radical (unpaired) electrons. The molecule has 0 aromatic carbocycles. The van der Waals surface area contributed by atoms with Crippen molar-refractivity contribution < 1.29 is 0 Å². The molecule has 0 aromatic heterocycles. The Bertz CT molecular complexity index is 292. The van der Waals surface area contributed by atoms with E-state index in [9.17, 15) is 0 Å². The minimum absolute atomic E-state index is 0.233. The molecule has 0 unspecified atom stereocenters. The summed E-state index contributed by atoms with van der Waals surface area (Å²) in [5.41, 5.74) is 10.5. The van der Waals surface area contributed by atoms with Crippen LogP contribution in [0.5, 0.6) is 0 Å². The van der Waals surface area contributed by atoms with Crippen molar-refractivity contribution in [3.63, 3.8) is 0 Å². The highest BCUT2D eigenvalue weighted by Gasteiger charge is 2.13. The SMILES string of the molecule is CC(C)C=C1CCCCC1=NNC(N)=S. The van der Waals surface area contributed by atoms with Crippen LogP contribution in [0.1, 0.15) is 39.5 Å². The summed E-state index contributed by atoms with van der Waals surface area (Å²) >= 11 is 4.73. The molecule has 4 heteroatoms. The van der Waals surface area contributed by atoms with Gasteiger partial charge in [-0.3, -0.25) is 5.43 Å². The quantitative estimate of drug-likeness (QED) is 0.560. The summed E-state index contributed by atoms with van der Waals surface area (Å²) in [6, 6.07) is 0. The Morgan fingerprint density at radius 2 is 2.13 bits per heavy atom. The van der Waals surface area contributed by atoms with Crippen molar-refractivity contribution in [2.24, 2.45) is 16.8 Å². The molecule has 15 heavy (non-hydrogen) atoms. The molecule has 1 aliphatic rings. The van der Waals surface area contributed by atoms with Crippen LogP contribution < -0.4 is 11.2 Å². The molecule has 3 N–H and O–H groups in total. The zero-order valence-electron chi connectivity index (χ0n) is 9.42. The number of rotatable bonds is 2. The molecule has 1 rings (SSSR count). The molecule has 0 aromatic rings. The van der Waals surface area contributed by atoms with Crippen LogP contribution in [0.25, 0.3) is 0 Å². The lowest BCUT2D eigenvalue weighted by atomic mass is 9.91. The Labute approximate surface area is 96.8 Å². The molecule has 0 atom stereocenters. The van der Waals surface area contributed by atoms with Crippen molar-refractivity contribution in [1.82, 2.24) is 5.43 Å². The van der Waals surface area contributed by atoms with Crippen molar-refractivity contribution in [3.05, 3.63) is 11.6 Å². The van der Waals surface area contributed by atoms with E-state index in [1.54, 1.807) is 0 Å². The van der Waals surface area contributed by atoms with Gasteiger partial charge in [0.15, 0.2) is 5.11 Å². The van der Waals surface area contributed by atoms with Crippen LogP contribution in [-0.4, -0.2) is 10.8 Å². The van der Waals surface area contributed by atoms with Crippen molar-refractivity contribution in [1.29, 1.82) is 0 Å². The van der Waals surface area contributed by atoms with Crippen LogP contribution in [0.2, 0.25) is 0 Å². The summed E-state index contributed by atoms with van der Waals surface area (Å²) in [5, 5.41) is 4.48. The number of thiocarbonyl (C=S) groups is 1. The number of nitrogens with two attached hydrogens (primary N) is 1. The Balaban J connectivity index is 2.73. The summed E-state index contributed by atoms with van der Waals surface area (Å²) in [5.74, 6) is 0.563. The van der Waals surface area contributed by atoms with Crippen molar-refractivity contribution in [2.75, 3.05) is 0 Å². The number of nitrogens with zero attached hydrogens (tertiary/aromatic N) is 1. The number of hydrogen-bond acceptors (Lipinski definition) is 2. The van der Waals surface area contributed by atoms with Gasteiger partial charge in [0.25, 0.3) is 0 Å². The van der Waals surface area contributed by atoms with E-state index in [2.05, 4.69) is 30.5 Å². The number of allylic oxidation sites excluding steroid dienone is 2. The van der Waals surface area contributed by atoms with Gasteiger partial charge in [0.2, 0.25) is 0 Å². The van der Waals surface area contributed by atoms with Gasteiger partial charge in [-0.15, -0.1) is 0 Å². The van der Waals surface area contributed by atoms with Crippen LogP contribution in [0, 0.1) is 5.92 Å². The fraction of sp³-hybridized carbons (Fsp3) is 0.636. The fourth-order valence-electron chi connectivity index (χ4n) is 1.74. The van der Waals surface area contributed by atoms with E-state index in [0.717, 1.165) is 18.6 Å². The summed E-state index contributed by atoms with van der Waals surface area (Å²) in [6.45, 7) is 4.36. The van der Waals surface area contributed by atoms with Crippen molar-refractivity contribution in [3.8, 4) is 0 Å². The van der Waals surface area contributed by atoms with E-state index >= 15 is 0 Å². The maximum atomic E-state index is 5.35. The highest BCUT2D eigenvalue weighted by molar-refractivity contribution is 7.80. The van der Waals surface area contributed by atoms with Crippen LogP contribution in [-0.2, 0) is 0 Å². The first kappa shape index (κ1) is 12.2. The highest BCUT2D eigenvalue weighted by Crippen LogP contribution is 2.22. The first-order valence-electron chi connectivity index (χ1n) is 5.42. The molecular formula is C11H19N3S. The summed E-state index contributed by atoms with van der Waals surface area (Å²) in [6.07, 6.45) is 6.88. The molecule has 1 fully saturated rings. The Morgan fingerprint density at radius 3 is 2.73 bits per heavy atom. The number of hydrazone groups is 1. The van der Waals surface area contributed by atoms with Gasteiger partial charge in [-0.05, 0) is 49.4 Å². The smallest absolute Gasteiger partial charge is 0.184 e. The third-order valence-electron chi connectivity index (χ3n) is 2.32. The Morgan fingerprint density at radius 1 is 1.47 bits per heavy atom. The van der Waals surface area contributed by atoms with E-state index in [1.165, 1.54) is 18.4 Å². The van der Waals surface area contributed by atoms with Gasteiger partial charge in [0.1, 0.15) is 0 Å². The minimum Gasteiger partial charge on any atom is -0.375 e. The summed E-state index contributed by atoms with van der Waals surface area (Å²) in [7, 11) is 0. The van der Waals surface area contributed by atoms with Gasteiger partial charge in [0.05, 0.1) is 5.71 Å². The number of nitrogens with one attached hydrogen (secondary N) is 1.